The van der Waals surface area contributed by atoms with E-state index in [4.69, 9.17) is 0 Å². The number of hydrogen-bond donors (Lipinski definition) is 0. The predicted molar refractivity (Wildman–Crippen MR) is 131 cm³/mol. The Morgan fingerprint density at radius 2 is 1.76 bits per heavy atom. The molecule has 3 aromatic rings. The van der Waals surface area contributed by atoms with E-state index in [0.717, 1.165) is 29.1 Å². The first-order valence-electron chi connectivity index (χ1n) is 11.6. The largest absolute Gasteiger partial charge is 0.305 e. The van der Waals surface area contributed by atoms with E-state index in [9.17, 15) is 9.59 Å². The highest BCUT2D eigenvalue weighted by Gasteiger charge is 2.38. The van der Waals surface area contributed by atoms with Crippen molar-refractivity contribution in [2.45, 2.75) is 52.6 Å². The van der Waals surface area contributed by atoms with Gasteiger partial charge in [-0.3, -0.25) is 14.3 Å². The Morgan fingerprint density at radius 3 is 2.42 bits per heavy atom. The second kappa shape index (κ2) is 9.22. The lowest BCUT2D eigenvalue weighted by Gasteiger charge is -2.43. The Hall–Kier alpha value is -3.41. The van der Waals surface area contributed by atoms with E-state index in [1.807, 2.05) is 77.5 Å². The summed E-state index contributed by atoms with van der Waals surface area (Å²) in [5.41, 5.74) is 4.20. The molecule has 2 heterocycles. The summed E-state index contributed by atoms with van der Waals surface area (Å²) >= 11 is 0. The maximum atomic E-state index is 13.8. The molecule has 2 amide bonds. The van der Waals surface area contributed by atoms with Crippen molar-refractivity contribution >= 4 is 23.2 Å². The van der Waals surface area contributed by atoms with Gasteiger partial charge in [0.25, 0.3) is 5.91 Å². The van der Waals surface area contributed by atoms with Crippen molar-refractivity contribution in [3.8, 4) is 0 Å². The SMILES string of the molecule is CC(=O)N(c1ccccc1)[C@@H]1C[C@H](C)N(C(=O)c2cc(CC(C)C)nn2C)c2ccccc21. The Kier molecular flexibility index (Phi) is 6.36. The van der Waals surface area contributed by atoms with E-state index in [0.29, 0.717) is 18.0 Å². The summed E-state index contributed by atoms with van der Waals surface area (Å²) in [7, 11) is 1.83. The van der Waals surface area contributed by atoms with Gasteiger partial charge in [-0.1, -0.05) is 50.2 Å². The smallest absolute Gasteiger partial charge is 0.276 e. The van der Waals surface area contributed by atoms with Gasteiger partial charge in [0, 0.05) is 31.4 Å². The molecule has 1 aliphatic heterocycles. The lowest BCUT2D eigenvalue weighted by Crippen LogP contribution is -2.47. The predicted octanol–water partition coefficient (Wildman–Crippen LogP) is 5.15. The van der Waals surface area contributed by atoms with Crippen LogP contribution in [0.15, 0.2) is 60.7 Å². The first-order valence-corrected chi connectivity index (χ1v) is 11.6. The quantitative estimate of drug-likeness (QED) is 0.547. The molecule has 6 heteroatoms. The van der Waals surface area contributed by atoms with Crippen LogP contribution >= 0.6 is 0 Å². The van der Waals surface area contributed by atoms with Crippen molar-refractivity contribution in [1.82, 2.24) is 9.78 Å². The third-order valence-electron chi connectivity index (χ3n) is 6.23. The number of amides is 2. The zero-order valence-electron chi connectivity index (χ0n) is 20.0. The molecule has 6 nitrogen and oxygen atoms in total. The number of nitrogens with zero attached hydrogens (tertiary/aromatic N) is 4. The van der Waals surface area contributed by atoms with Gasteiger partial charge in [-0.25, -0.2) is 0 Å². The Balaban J connectivity index is 1.74. The number of hydrogen-bond acceptors (Lipinski definition) is 3. The number of fused-ring (bicyclic) bond motifs is 1. The highest BCUT2D eigenvalue weighted by molar-refractivity contribution is 6.06. The van der Waals surface area contributed by atoms with Crippen LogP contribution in [0.4, 0.5) is 11.4 Å². The van der Waals surface area contributed by atoms with Gasteiger partial charge in [0.15, 0.2) is 0 Å². The third-order valence-corrected chi connectivity index (χ3v) is 6.23. The molecule has 0 aliphatic carbocycles. The zero-order valence-corrected chi connectivity index (χ0v) is 20.0. The van der Waals surface area contributed by atoms with Crippen molar-refractivity contribution in [2.75, 3.05) is 9.80 Å². The molecule has 0 radical (unpaired) electrons. The number of para-hydroxylation sites is 2. The van der Waals surface area contributed by atoms with Gasteiger partial charge >= 0.3 is 0 Å². The van der Waals surface area contributed by atoms with Crippen LogP contribution in [0.1, 0.15) is 61.9 Å². The normalized spacial score (nSPS) is 17.7. The summed E-state index contributed by atoms with van der Waals surface area (Å²) in [6.45, 7) is 7.94. The van der Waals surface area contributed by atoms with Crippen molar-refractivity contribution < 1.29 is 9.59 Å². The van der Waals surface area contributed by atoms with E-state index < -0.39 is 0 Å². The van der Waals surface area contributed by atoms with E-state index in [1.165, 1.54) is 0 Å². The van der Waals surface area contributed by atoms with E-state index in [1.54, 1.807) is 11.6 Å². The molecule has 2 aromatic carbocycles. The molecule has 0 fully saturated rings. The second-order valence-corrected chi connectivity index (χ2v) is 9.30. The molecule has 0 saturated heterocycles. The van der Waals surface area contributed by atoms with E-state index in [2.05, 4.69) is 25.9 Å². The maximum Gasteiger partial charge on any atom is 0.276 e. The minimum absolute atomic E-state index is 0.0158. The summed E-state index contributed by atoms with van der Waals surface area (Å²) in [5.74, 6) is 0.388. The average Bonchev–Trinajstić information content (AvgIpc) is 3.13. The molecule has 2 atom stereocenters. The van der Waals surface area contributed by atoms with Crippen LogP contribution in [0.25, 0.3) is 0 Å². The lowest BCUT2D eigenvalue weighted by molar-refractivity contribution is -0.117. The Labute approximate surface area is 195 Å². The molecule has 0 unspecified atom stereocenters. The summed E-state index contributed by atoms with van der Waals surface area (Å²) in [6.07, 6.45) is 1.48. The molecule has 33 heavy (non-hydrogen) atoms. The molecule has 1 aromatic heterocycles. The van der Waals surface area contributed by atoms with Gasteiger partial charge in [-0.2, -0.15) is 5.10 Å². The molecule has 4 rings (SSSR count). The number of carbonyl (C=O) groups excluding carboxylic acids is 2. The fraction of sp³-hybridized carbons (Fsp3) is 0.370. The van der Waals surface area contributed by atoms with Gasteiger partial charge < -0.3 is 9.80 Å². The number of rotatable bonds is 5. The van der Waals surface area contributed by atoms with E-state index in [-0.39, 0.29) is 23.9 Å². The van der Waals surface area contributed by atoms with Crippen LogP contribution in [0, 0.1) is 5.92 Å². The van der Waals surface area contributed by atoms with Crippen molar-refractivity contribution in [3.63, 3.8) is 0 Å². The molecular formula is C27H32N4O2. The van der Waals surface area contributed by atoms with Crippen LogP contribution in [0.5, 0.6) is 0 Å². The van der Waals surface area contributed by atoms with Gasteiger partial charge in [0.1, 0.15) is 5.69 Å². The van der Waals surface area contributed by atoms with Crippen LogP contribution < -0.4 is 9.80 Å². The zero-order chi connectivity index (χ0) is 23.7. The fourth-order valence-electron chi connectivity index (χ4n) is 4.87. The first kappa shape index (κ1) is 22.8. The third kappa shape index (κ3) is 4.42. The topological polar surface area (TPSA) is 58.4 Å². The highest BCUT2D eigenvalue weighted by atomic mass is 16.2. The maximum absolute atomic E-state index is 13.8. The van der Waals surface area contributed by atoms with Crippen molar-refractivity contribution in [1.29, 1.82) is 0 Å². The van der Waals surface area contributed by atoms with Gasteiger partial charge in [-0.15, -0.1) is 0 Å². The molecule has 0 spiro atoms. The number of aromatic nitrogens is 2. The standard InChI is InChI=1S/C27H32N4O2/c1-18(2)15-21-17-26(29(5)28-21)27(33)30-19(3)16-25(23-13-9-10-14-24(23)30)31(20(4)32)22-11-7-6-8-12-22/h6-14,17-19,25H,15-16H2,1-5H3/t19-,25+/m0/s1. The number of carbonyl (C=O) groups is 2. The number of anilines is 2. The van der Waals surface area contributed by atoms with Crippen LogP contribution in [-0.2, 0) is 18.3 Å². The monoisotopic (exact) mass is 444 g/mol. The number of benzene rings is 2. The van der Waals surface area contributed by atoms with Gasteiger partial charge in [0.2, 0.25) is 5.91 Å². The molecule has 0 saturated carbocycles. The summed E-state index contributed by atoms with van der Waals surface area (Å²) in [5, 5.41) is 4.57. The van der Waals surface area contributed by atoms with Crippen molar-refractivity contribution in [2.24, 2.45) is 13.0 Å². The van der Waals surface area contributed by atoms with Gasteiger partial charge in [-0.05, 0) is 55.5 Å². The lowest BCUT2D eigenvalue weighted by atomic mass is 9.89. The summed E-state index contributed by atoms with van der Waals surface area (Å²) in [6, 6.07) is 19.3. The summed E-state index contributed by atoms with van der Waals surface area (Å²) < 4.78 is 1.69. The van der Waals surface area contributed by atoms with Crippen molar-refractivity contribution in [3.05, 3.63) is 77.6 Å². The molecule has 0 bridgehead atoms. The van der Waals surface area contributed by atoms with E-state index >= 15 is 0 Å². The summed E-state index contributed by atoms with van der Waals surface area (Å²) in [4.78, 5) is 30.2. The minimum atomic E-state index is -0.150. The fourth-order valence-corrected chi connectivity index (χ4v) is 4.87. The minimum Gasteiger partial charge on any atom is -0.305 e. The van der Waals surface area contributed by atoms with Gasteiger partial charge in [0.05, 0.1) is 11.7 Å². The van der Waals surface area contributed by atoms with Crippen LogP contribution in [-0.4, -0.2) is 27.6 Å². The molecule has 172 valence electrons. The highest BCUT2D eigenvalue weighted by Crippen LogP contribution is 2.42. The Morgan fingerprint density at radius 1 is 1.09 bits per heavy atom. The van der Waals surface area contributed by atoms with Crippen LogP contribution in [0.2, 0.25) is 0 Å². The molecule has 0 N–H and O–H groups in total. The Bertz CT molecular complexity index is 1150. The number of aryl methyl sites for hydroxylation is 1. The second-order valence-electron chi connectivity index (χ2n) is 9.30. The first-order chi connectivity index (χ1) is 15.8. The molecular weight excluding hydrogens is 412 g/mol. The van der Waals surface area contributed by atoms with Crippen LogP contribution in [0.3, 0.4) is 0 Å². The molecule has 1 aliphatic rings. The average molecular weight is 445 g/mol.